The first kappa shape index (κ1) is 15.6. The van der Waals surface area contributed by atoms with Gasteiger partial charge in [-0.15, -0.1) is 0 Å². The van der Waals surface area contributed by atoms with Crippen LogP contribution in [-0.2, 0) is 11.4 Å². The lowest BCUT2D eigenvalue weighted by molar-refractivity contribution is 0.557. The first-order valence-electron chi connectivity index (χ1n) is 5.26. The molecular weight excluding hydrogens is 324 g/mol. The van der Waals surface area contributed by atoms with Crippen molar-refractivity contribution in [2.24, 2.45) is 4.40 Å². The van der Waals surface area contributed by atoms with Crippen molar-refractivity contribution in [2.75, 3.05) is 6.67 Å². The van der Waals surface area contributed by atoms with Gasteiger partial charge in [-0.2, -0.15) is 0 Å². The van der Waals surface area contributed by atoms with Crippen molar-refractivity contribution in [1.82, 2.24) is 0 Å². The third-order valence-electron chi connectivity index (χ3n) is 2.08. The number of alkyl halides is 1. The van der Waals surface area contributed by atoms with Crippen LogP contribution in [-0.4, -0.2) is 21.7 Å². The van der Waals surface area contributed by atoms with Crippen molar-refractivity contribution in [3.05, 3.63) is 34.1 Å². The number of nitrogens with zero attached hydrogens (tertiary/aromatic N) is 1. The highest BCUT2D eigenvalue weighted by molar-refractivity contribution is 9.10. The summed E-state index contributed by atoms with van der Waals surface area (Å²) in [7, 11) is 0. The predicted octanol–water partition coefficient (Wildman–Crippen LogP) is 3.81. The molecule has 0 aliphatic rings. The van der Waals surface area contributed by atoms with Crippen LogP contribution in [0.15, 0.2) is 27.1 Å². The van der Waals surface area contributed by atoms with Gasteiger partial charge in [0, 0.05) is 10.0 Å². The molecule has 0 bridgehead atoms. The lowest BCUT2D eigenvalue weighted by Crippen LogP contribution is -2.27. The average molecular weight is 338 g/mol. The van der Waals surface area contributed by atoms with Crippen LogP contribution in [0.5, 0.6) is 0 Å². The van der Waals surface area contributed by atoms with Crippen LogP contribution in [0.25, 0.3) is 0 Å². The molecule has 0 N–H and O–H groups in total. The van der Waals surface area contributed by atoms with Gasteiger partial charge in [-0.25, -0.2) is 8.78 Å². The van der Waals surface area contributed by atoms with E-state index in [1.54, 1.807) is 20.8 Å². The molecule has 0 fully saturated rings. The summed E-state index contributed by atoms with van der Waals surface area (Å²) in [5, 5.41) is 0. The molecule has 0 aliphatic heterocycles. The molecule has 18 heavy (non-hydrogen) atoms. The highest BCUT2D eigenvalue weighted by Gasteiger charge is 2.28. The van der Waals surface area contributed by atoms with Crippen molar-refractivity contribution < 1.29 is 13.3 Å². The van der Waals surface area contributed by atoms with Gasteiger partial charge in [-0.3, -0.25) is 0 Å². The number of hydrogen-bond donors (Lipinski definition) is 0. The van der Waals surface area contributed by atoms with Gasteiger partial charge in [0.1, 0.15) is 34.3 Å². The van der Waals surface area contributed by atoms with E-state index in [0.717, 1.165) is 0 Å². The molecule has 1 rings (SSSR count). The van der Waals surface area contributed by atoms with Crippen molar-refractivity contribution in [2.45, 2.75) is 25.5 Å². The van der Waals surface area contributed by atoms with Gasteiger partial charge < -0.3 is 4.55 Å². The summed E-state index contributed by atoms with van der Waals surface area (Å²) >= 11 is 1.56. The van der Waals surface area contributed by atoms with Crippen LogP contribution >= 0.6 is 15.9 Å². The summed E-state index contributed by atoms with van der Waals surface area (Å²) in [6.45, 7) is 4.20. The van der Waals surface area contributed by atoms with E-state index in [9.17, 15) is 13.3 Å². The van der Waals surface area contributed by atoms with E-state index >= 15 is 0 Å². The summed E-state index contributed by atoms with van der Waals surface area (Å²) in [5.74, 6) is -0.583. The molecule has 0 amide bonds. The molecule has 0 spiro atoms. The third kappa shape index (κ3) is 4.03. The molecule has 1 aromatic rings. The molecule has 0 saturated carbocycles. The van der Waals surface area contributed by atoms with Crippen LogP contribution in [0.3, 0.4) is 0 Å². The fourth-order valence-electron chi connectivity index (χ4n) is 1.10. The van der Waals surface area contributed by atoms with Crippen LogP contribution in [0.1, 0.15) is 26.3 Å². The molecule has 0 heterocycles. The number of benzene rings is 1. The first-order valence-corrected chi connectivity index (χ1v) is 7.16. The zero-order chi connectivity index (χ0) is 13.9. The highest BCUT2D eigenvalue weighted by atomic mass is 79.9. The summed E-state index contributed by atoms with van der Waals surface area (Å²) < 4.78 is 42.2. The van der Waals surface area contributed by atoms with E-state index in [-0.39, 0.29) is 11.3 Å². The monoisotopic (exact) mass is 337 g/mol. The lowest BCUT2D eigenvalue weighted by Gasteiger charge is -2.19. The Labute approximate surface area is 117 Å². The smallest absolute Gasteiger partial charge is 0.144 e. The fraction of sp³-hybridized carbons (Fsp3) is 0.417. The minimum atomic E-state index is -1.62. The second-order valence-corrected chi connectivity index (χ2v) is 7.48. The normalized spacial score (nSPS) is 14.7. The van der Waals surface area contributed by atoms with Crippen molar-refractivity contribution in [1.29, 1.82) is 0 Å². The lowest BCUT2D eigenvalue weighted by atomic mass is 10.1. The van der Waals surface area contributed by atoms with Crippen molar-refractivity contribution in [3.8, 4) is 0 Å². The van der Waals surface area contributed by atoms with Gasteiger partial charge in [0.25, 0.3) is 0 Å². The Bertz CT molecular complexity index is 460. The van der Waals surface area contributed by atoms with Crippen molar-refractivity contribution in [3.63, 3.8) is 0 Å². The van der Waals surface area contributed by atoms with Gasteiger partial charge in [0.05, 0.1) is 0 Å². The molecule has 0 aliphatic carbocycles. The Balaban J connectivity index is 3.17. The Kier molecular flexibility index (Phi) is 5.31. The third-order valence-corrected chi connectivity index (χ3v) is 4.01. The Morgan fingerprint density at radius 2 is 2.06 bits per heavy atom. The first-order chi connectivity index (χ1) is 8.25. The molecule has 1 aromatic carbocycles. The van der Waals surface area contributed by atoms with E-state index in [2.05, 4.69) is 20.3 Å². The number of rotatable bonds is 3. The molecule has 100 valence electrons. The summed E-state index contributed by atoms with van der Waals surface area (Å²) in [6.07, 6.45) is 0. The van der Waals surface area contributed by atoms with Crippen LogP contribution < -0.4 is 0 Å². The van der Waals surface area contributed by atoms with Crippen LogP contribution in [0.2, 0.25) is 0 Å². The standard InChI is InChI=1S/C12H14BrF2NOS/c1-12(2,3)18(17)16-11(7-14)9-6-8(13)4-5-10(9)15/h4-6H,7H2,1-3H3/b16-11-/t18-/m1/s1. The maximum absolute atomic E-state index is 13.6. The fourth-order valence-corrected chi connectivity index (χ4v) is 2.08. The van der Waals surface area contributed by atoms with Gasteiger partial charge in [0.2, 0.25) is 0 Å². The van der Waals surface area contributed by atoms with Crippen LogP contribution in [0.4, 0.5) is 8.78 Å². The minimum Gasteiger partial charge on any atom is -0.591 e. The Morgan fingerprint density at radius 1 is 1.44 bits per heavy atom. The van der Waals surface area contributed by atoms with E-state index in [4.69, 9.17) is 0 Å². The van der Waals surface area contributed by atoms with E-state index < -0.39 is 28.6 Å². The van der Waals surface area contributed by atoms with Gasteiger partial charge in [0.15, 0.2) is 0 Å². The predicted molar refractivity (Wildman–Crippen MR) is 74.5 cm³/mol. The van der Waals surface area contributed by atoms with Crippen molar-refractivity contribution >= 4 is 33.0 Å². The van der Waals surface area contributed by atoms with E-state index in [1.165, 1.54) is 18.2 Å². The molecule has 0 radical (unpaired) electrons. The van der Waals surface area contributed by atoms with E-state index in [0.29, 0.717) is 4.47 Å². The SMILES string of the molecule is CC(C)(C)[S@@+]([O-])/N=C(/CF)c1cc(Br)ccc1F. The number of hydrogen-bond acceptors (Lipinski definition) is 2. The summed E-state index contributed by atoms with van der Waals surface area (Å²) in [4.78, 5) is 0. The molecular formula is C12H14BrF2NOS. The zero-order valence-electron chi connectivity index (χ0n) is 10.3. The minimum absolute atomic E-state index is 0.0319. The van der Waals surface area contributed by atoms with Crippen LogP contribution in [0, 0.1) is 5.82 Å². The van der Waals surface area contributed by atoms with Gasteiger partial charge in [-0.1, -0.05) is 20.3 Å². The van der Waals surface area contributed by atoms with Gasteiger partial charge >= 0.3 is 0 Å². The van der Waals surface area contributed by atoms with E-state index in [1.807, 2.05) is 0 Å². The Morgan fingerprint density at radius 3 is 2.56 bits per heavy atom. The molecule has 0 saturated heterocycles. The quantitative estimate of drug-likeness (QED) is 0.610. The largest absolute Gasteiger partial charge is 0.591 e. The maximum atomic E-state index is 13.6. The second-order valence-electron chi connectivity index (χ2n) is 4.66. The highest BCUT2D eigenvalue weighted by Crippen LogP contribution is 2.21. The molecule has 0 aromatic heterocycles. The number of halogens is 3. The molecule has 6 heteroatoms. The summed E-state index contributed by atoms with van der Waals surface area (Å²) in [5.41, 5.74) is -0.105. The second kappa shape index (κ2) is 6.12. The average Bonchev–Trinajstić information content (AvgIpc) is 2.28. The maximum Gasteiger partial charge on any atom is 0.144 e. The Hall–Kier alpha value is -0.460. The van der Waals surface area contributed by atoms with Gasteiger partial charge in [-0.05, 0) is 39.0 Å². The molecule has 0 unspecified atom stereocenters. The zero-order valence-corrected chi connectivity index (χ0v) is 12.7. The molecule has 1 atom stereocenters. The summed E-state index contributed by atoms with van der Waals surface area (Å²) in [6, 6.07) is 4.15. The topological polar surface area (TPSA) is 35.4 Å². The molecule has 2 nitrogen and oxygen atoms in total.